The van der Waals surface area contributed by atoms with Gasteiger partial charge in [-0.2, -0.15) is 26.3 Å². The second-order valence-corrected chi connectivity index (χ2v) is 7.39. The SMILES string of the molecule is O=C(O)CCc1ccc(C(O)(C(F)(F)F)C(F)(F)F)cc1S(=O)(=O)Cl. The van der Waals surface area contributed by atoms with E-state index in [9.17, 15) is 44.7 Å². The van der Waals surface area contributed by atoms with E-state index in [4.69, 9.17) is 15.8 Å². The van der Waals surface area contributed by atoms with E-state index < -0.39 is 61.8 Å². The van der Waals surface area contributed by atoms with Crippen molar-refractivity contribution < 1.29 is 49.8 Å². The van der Waals surface area contributed by atoms with Crippen LogP contribution in [0.1, 0.15) is 17.5 Å². The van der Waals surface area contributed by atoms with E-state index in [2.05, 4.69) is 0 Å². The summed E-state index contributed by atoms with van der Waals surface area (Å²) in [7, 11) is 0.189. The number of hydrogen-bond donors (Lipinski definition) is 2. The van der Waals surface area contributed by atoms with Crippen molar-refractivity contribution in [2.45, 2.75) is 35.7 Å². The molecular formula is C12H9ClF6O5S. The van der Waals surface area contributed by atoms with E-state index in [1.54, 1.807) is 0 Å². The summed E-state index contributed by atoms with van der Waals surface area (Å²) >= 11 is 0. The van der Waals surface area contributed by atoms with Gasteiger partial charge in [0.25, 0.3) is 14.7 Å². The zero-order valence-electron chi connectivity index (χ0n) is 11.8. The van der Waals surface area contributed by atoms with Crippen molar-refractivity contribution >= 4 is 25.7 Å². The van der Waals surface area contributed by atoms with Crippen molar-refractivity contribution in [1.29, 1.82) is 0 Å². The molecule has 1 aromatic rings. The van der Waals surface area contributed by atoms with Gasteiger partial charge in [-0.15, -0.1) is 0 Å². The third-order valence-corrected chi connectivity index (χ3v) is 4.58. The fourth-order valence-corrected chi connectivity index (χ4v) is 3.12. The fourth-order valence-electron chi connectivity index (χ4n) is 1.94. The molecule has 0 spiro atoms. The van der Waals surface area contributed by atoms with Crippen LogP contribution in [0.4, 0.5) is 26.3 Å². The highest BCUT2D eigenvalue weighted by Gasteiger charge is 2.71. The van der Waals surface area contributed by atoms with Crippen LogP contribution in [-0.2, 0) is 25.9 Å². The van der Waals surface area contributed by atoms with Crippen molar-refractivity contribution in [3.63, 3.8) is 0 Å². The van der Waals surface area contributed by atoms with Crippen LogP contribution >= 0.6 is 10.7 Å². The molecule has 0 aliphatic carbocycles. The van der Waals surface area contributed by atoms with E-state index >= 15 is 0 Å². The molecule has 13 heteroatoms. The first-order chi connectivity index (χ1) is 11.0. The van der Waals surface area contributed by atoms with Crippen LogP contribution in [0, 0.1) is 0 Å². The van der Waals surface area contributed by atoms with Gasteiger partial charge in [-0.25, -0.2) is 8.42 Å². The second kappa shape index (κ2) is 6.65. The minimum Gasteiger partial charge on any atom is -0.481 e. The summed E-state index contributed by atoms with van der Waals surface area (Å²) in [5.74, 6) is -1.39. The quantitative estimate of drug-likeness (QED) is 0.571. The third kappa shape index (κ3) is 4.36. The largest absolute Gasteiger partial charge is 0.481 e. The van der Waals surface area contributed by atoms with Gasteiger partial charge in [0.05, 0.1) is 4.90 Å². The molecular weight excluding hydrogens is 406 g/mol. The summed E-state index contributed by atoms with van der Waals surface area (Å²) in [6.07, 6.45) is -13.6. The van der Waals surface area contributed by atoms with Crippen LogP contribution in [0.25, 0.3) is 0 Å². The lowest BCUT2D eigenvalue weighted by molar-refractivity contribution is -0.376. The number of carboxylic acid groups (broad SMARTS) is 1. The van der Waals surface area contributed by atoms with Crippen LogP contribution < -0.4 is 0 Å². The Morgan fingerprint density at radius 1 is 1.08 bits per heavy atom. The molecule has 0 aliphatic heterocycles. The summed E-state index contributed by atoms with van der Waals surface area (Å²) in [6, 6.07) is 0.681. The van der Waals surface area contributed by atoms with E-state index in [0.717, 1.165) is 0 Å². The second-order valence-electron chi connectivity index (χ2n) is 4.86. The van der Waals surface area contributed by atoms with Gasteiger partial charge in [0.1, 0.15) is 0 Å². The molecule has 0 radical (unpaired) electrons. The van der Waals surface area contributed by atoms with Crippen molar-refractivity contribution in [2.24, 2.45) is 0 Å². The molecule has 0 atom stereocenters. The molecule has 0 fully saturated rings. The maximum absolute atomic E-state index is 12.8. The Morgan fingerprint density at radius 3 is 1.92 bits per heavy atom. The highest BCUT2D eigenvalue weighted by molar-refractivity contribution is 8.13. The molecule has 0 unspecified atom stereocenters. The number of carbonyl (C=O) groups is 1. The van der Waals surface area contributed by atoms with Gasteiger partial charge >= 0.3 is 18.3 Å². The minimum absolute atomic E-state index is 0.0690. The van der Waals surface area contributed by atoms with Crippen LogP contribution in [0.5, 0.6) is 0 Å². The number of rotatable bonds is 5. The van der Waals surface area contributed by atoms with Crippen LogP contribution in [0.15, 0.2) is 23.1 Å². The first-order valence-corrected chi connectivity index (χ1v) is 8.48. The molecule has 0 bridgehead atoms. The summed E-state index contributed by atoms with van der Waals surface area (Å²) in [4.78, 5) is 9.35. The van der Waals surface area contributed by atoms with Crippen LogP contribution in [0.3, 0.4) is 0 Å². The summed E-state index contributed by atoms with van der Waals surface area (Å²) in [5, 5.41) is 17.8. The lowest BCUT2D eigenvalue weighted by Crippen LogP contribution is -2.54. The Kier molecular flexibility index (Phi) is 5.72. The highest BCUT2D eigenvalue weighted by atomic mass is 35.7. The first kappa shape index (κ1) is 21.5. The molecule has 0 aliphatic rings. The van der Waals surface area contributed by atoms with Gasteiger partial charge in [-0.05, 0) is 18.1 Å². The zero-order chi connectivity index (χ0) is 19.8. The normalized spacial score (nSPS) is 13.8. The van der Waals surface area contributed by atoms with Crippen molar-refractivity contribution in [1.82, 2.24) is 0 Å². The number of alkyl halides is 6. The van der Waals surface area contributed by atoms with Gasteiger partial charge in [-0.1, -0.05) is 12.1 Å². The molecule has 0 aromatic heterocycles. The molecule has 25 heavy (non-hydrogen) atoms. The standard InChI is InChI=1S/C12H9ClF6O5S/c13-25(23,24)8-5-7(3-1-6(8)2-4-9(20)21)10(22,11(14,15)16)12(17,18)19/h1,3,5,22H,2,4H2,(H,20,21). The molecule has 0 amide bonds. The van der Waals surface area contributed by atoms with Crippen molar-refractivity contribution in [2.75, 3.05) is 0 Å². The van der Waals surface area contributed by atoms with Gasteiger partial charge in [0.2, 0.25) is 0 Å². The number of aliphatic carboxylic acids is 1. The molecule has 142 valence electrons. The average molecular weight is 415 g/mol. The molecule has 1 rings (SSSR count). The number of aryl methyl sites for hydroxylation is 1. The molecule has 0 saturated carbocycles. The third-order valence-electron chi connectivity index (χ3n) is 3.18. The van der Waals surface area contributed by atoms with Crippen molar-refractivity contribution in [3.05, 3.63) is 29.3 Å². The summed E-state index contributed by atoms with van der Waals surface area (Å²) in [6.45, 7) is 0. The Labute approximate surface area is 141 Å². The maximum atomic E-state index is 12.8. The van der Waals surface area contributed by atoms with E-state index in [1.165, 1.54) is 0 Å². The predicted octanol–water partition coefficient (Wildman–Crippen LogP) is 2.94. The summed E-state index contributed by atoms with van der Waals surface area (Å²) < 4.78 is 99.9. The lowest BCUT2D eigenvalue weighted by Gasteiger charge is -2.33. The lowest BCUT2D eigenvalue weighted by atomic mass is 9.91. The molecule has 0 heterocycles. The number of hydrogen-bond acceptors (Lipinski definition) is 4. The van der Waals surface area contributed by atoms with Crippen molar-refractivity contribution in [3.8, 4) is 0 Å². The molecule has 1 aromatic carbocycles. The van der Waals surface area contributed by atoms with Crippen LogP contribution in [0.2, 0.25) is 0 Å². The van der Waals surface area contributed by atoms with E-state index in [0.29, 0.717) is 6.07 Å². The Balaban J connectivity index is 3.65. The Morgan fingerprint density at radius 2 is 1.56 bits per heavy atom. The Hall–Kier alpha value is -1.53. The highest BCUT2D eigenvalue weighted by Crippen LogP contribution is 2.50. The maximum Gasteiger partial charge on any atom is 0.430 e. The molecule has 0 saturated heterocycles. The molecule has 5 nitrogen and oxygen atoms in total. The zero-order valence-corrected chi connectivity index (χ0v) is 13.4. The van der Waals surface area contributed by atoms with Crippen LogP contribution in [-0.4, -0.2) is 37.0 Å². The monoisotopic (exact) mass is 414 g/mol. The minimum atomic E-state index is -6.21. The average Bonchev–Trinajstić information content (AvgIpc) is 2.40. The van der Waals surface area contributed by atoms with Gasteiger partial charge in [0, 0.05) is 22.7 Å². The summed E-state index contributed by atoms with van der Waals surface area (Å²) in [5.41, 5.74) is -7.56. The molecule has 2 N–H and O–H groups in total. The van der Waals surface area contributed by atoms with Gasteiger partial charge in [-0.3, -0.25) is 4.79 Å². The predicted molar refractivity (Wildman–Crippen MR) is 71.4 cm³/mol. The fraction of sp³-hybridized carbons (Fsp3) is 0.417. The van der Waals surface area contributed by atoms with E-state index in [1.807, 2.05) is 0 Å². The first-order valence-electron chi connectivity index (χ1n) is 6.17. The number of halogens is 7. The van der Waals surface area contributed by atoms with Gasteiger partial charge in [0.15, 0.2) is 0 Å². The number of aliphatic hydroxyl groups is 1. The van der Waals surface area contributed by atoms with Gasteiger partial charge < -0.3 is 10.2 Å². The smallest absolute Gasteiger partial charge is 0.430 e. The Bertz CT molecular complexity index is 757. The number of benzene rings is 1. The number of carboxylic acids is 1. The topological polar surface area (TPSA) is 91.7 Å². The van der Waals surface area contributed by atoms with E-state index in [-0.39, 0.29) is 12.1 Å².